The number of carbonyl (C=O) groups excluding carboxylic acids is 2. The number of sulfone groups is 1. The van der Waals surface area contributed by atoms with Crippen molar-refractivity contribution < 1.29 is 22.7 Å². The van der Waals surface area contributed by atoms with Crippen molar-refractivity contribution in [1.29, 1.82) is 0 Å². The van der Waals surface area contributed by atoms with Gasteiger partial charge in [-0.1, -0.05) is 11.6 Å². The van der Waals surface area contributed by atoms with Crippen LogP contribution in [0.15, 0.2) is 47.5 Å². The Hall–Kier alpha value is -3.15. The van der Waals surface area contributed by atoms with Crippen LogP contribution < -0.4 is 15.4 Å². The number of halogens is 1. The third-order valence-corrected chi connectivity index (χ3v) is 7.67. The Morgan fingerprint density at radius 2 is 1.89 bits per heavy atom. The van der Waals surface area contributed by atoms with Gasteiger partial charge in [0, 0.05) is 49.1 Å². The number of aromatic nitrogens is 2. The maximum Gasteiger partial charge on any atom is 0.414 e. The van der Waals surface area contributed by atoms with Crippen molar-refractivity contribution >= 4 is 50.2 Å². The van der Waals surface area contributed by atoms with E-state index in [9.17, 15) is 18.0 Å². The van der Waals surface area contributed by atoms with Crippen LogP contribution in [0.4, 0.5) is 10.6 Å². The Labute approximate surface area is 220 Å². The molecule has 3 aromatic rings. The van der Waals surface area contributed by atoms with Crippen LogP contribution >= 0.6 is 11.6 Å². The van der Waals surface area contributed by atoms with E-state index in [0.717, 1.165) is 32.2 Å². The van der Waals surface area contributed by atoms with Crippen LogP contribution in [0.3, 0.4) is 0 Å². The van der Waals surface area contributed by atoms with Crippen LogP contribution in [0.5, 0.6) is 5.88 Å². The second kappa shape index (κ2) is 11.1. The highest BCUT2D eigenvalue weighted by Crippen LogP contribution is 2.28. The number of amides is 2. The van der Waals surface area contributed by atoms with Crippen molar-refractivity contribution in [1.82, 2.24) is 19.8 Å². The zero-order chi connectivity index (χ0) is 26.7. The number of nitrogens with one attached hydrogen (secondary N) is 2. The maximum atomic E-state index is 12.8. The van der Waals surface area contributed by atoms with Gasteiger partial charge < -0.3 is 24.8 Å². The third kappa shape index (κ3) is 6.79. The first-order valence-electron chi connectivity index (χ1n) is 12.0. The Morgan fingerprint density at radius 3 is 2.51 bits per heavy atom. The highest BCUT2D eigenvalue weighted by atomic mass is 35.5. The van der Waals surface area contributed by atoms with Crippen molar-refractivity contribution in [3.05, 3.63) is 47.6 Å². The van der Waals surface area contributed by atoms with Crippen molar-refractivity contribution in [2.75, 3.05) is 24.7 Å². The van der Waals surface area contributed by atoms with Crippen molar-refractivity contribution in [2.45, 2.75) is 50.2 Å². The normalized spacial score (nSPS) is 15.2. The van der Waals surface area contributed by atoms with Crippen LogP contribution in [0, 0.1) is 0 Å². The third-order valence-electron chi connectivity index (χ3n) is 6.34. The molecule has 0 bridgehead atoms. The predicted octanol–water partition coefficient (Wildman–Crippen LogP) is 3.69. The largest absolute Gasteiger partial charge is 0.414 e. The summed E-state index contributed by atoms with van der Waals surface area (Å²) < 4.78 is 31.3. The minimum absolute atomic E-state index is 0.0172. The van der Waals surface area contributed by atoms with E-state index < -0.39 is 21.8 Å². The van der Waals surface area contributed by atoms with E-state index in [2.05, 4.69) is 34.4 Å². The lowest BCUT2D eigenvalue weighted by Gasteiger charge is -2.34. The molecule has 1 aliphatic heterocycles. The lowest BCUT2D eigenvalue weighted by atomic mass is 10.0. The number of anilines is 1. The van der Waals surface area contributed by atoms with E-state index in [1.54, 1.807) is 24.3 Å². The summed E-state index contributed by atoms with van der Waals surface area (Å²) in [7, 11) is -3.45. The molecule has 0 unspecified atom stereocenters. The average molecular weight is 548 g/mol. The van der Waals surface area contributed by atoms with E-state index >= 15 is 0 Å². The van der Waals surface area contributed by atoms with Gasteiger partial charge in [-0.2, -0.15) is 0 Å². The van der Waals surface area contributed by atoms with Crippen LogP contribution in [0.1, 0.15) is 26.7 Å². The van der Waals surface area contributed by atoms with Gasteiger partial charge in [0.1, 0.15) is 12.4 Å². The number of benzene rings is 1. The Kier molecular flexibility index (Phi) is 8.05. The predicted molar refractivity (Wildman–Crippen MR) is 142 cm³/mol. The van der Waals surface area contributed by atoms with E-state index in [4.69, 9.17) is 16.3 Å². The van der Waals surface area contributed by atoms with E-state index in [0.29, 0.717) is 27.8 Å². The number of carbonyl (C=O) groups is 2. The highest BCUT2D eigenvalue weighted by Gasteiger charge is 2.24. The summed E-state index contributed by atoms with van der Waals surface area (Å²) in [5.74, 6) is 0.0287. The molecule has 10 nitrogen and oxygen atoms in total. The Balaban J connectivity index is 1.54. The fourth-order valence-corrected chi connectivity index (χ4v) is 5.10. The lowest BCUT2D eigenvalue weighted by molar-refractivity contribution is -0.116. The number of rotatable bonds is 7. The van der Waals surface area contributed by atoms with Crippen molar-refractivity contribution in [2.24, 2.45) is 0 Å². The Bertz CT molecular complexity index is 1400. The molecule has 12 heteroatoms. The standard InChI is InChI=1S/C25H30ClN5O5S/c1-16(2)30-10-8-19(9-11-30)28-25(33)36-24-13-17-12-20(37(3,34)35)5-6-21(17)31(24)15-23(32)29-22-7-4-18(26)14-27-22/h4-7,12-14,16,19H,8-11,15H2,1-3H3,(H,28,33)(H,27,29,32). The minimum Gasteiger partial charge on any atom is -0.393 e. The molecule has 3 heterocycles. The molecule has 4 rings (SSSR count). The average Bonchev–Trinajstić information content (AvgIpc) is 3.16. The van der Waals surface area contributed by atoms with Gasteiger partial charge in [-0.05, 0) is 57.0 Å². The number of hydrogen-bond donors (Lipinski definition) is 2. The number of piperidine rings is 1. The molecular weight excluding hydrogens is 518 g/mol. The fraction of sp³-hybridized carbons (Fsp3) is 0.400. The number of fused-ring (bicyclic) bond motifs is 1. The summed E-state index contributed by atoms with van der Waals surface area (Å²) >= 11 is 5.85. The summed E-state index contributed by atoms with van der Waals surface area (Å²) in [5, 5.41) is 6.55. The molecule has 2 N–H and O–H groups in total. The second-order valence-electron chi connectivity index (χ2n) is 9.41. The van der Waals surface area contributed by atoms with Gasteiger partial charge >= 0.3 is 6.09 Å². The van der Waals surface area contributed by atoms with Gasteiger partial charge in [0.05, 0.1) is 15.4 Å². The summed E-state index contributed by atoms with van der Waals surface area (Å²) in [4.78, 5) is 32.1. The minimum atomic E-state index is -3.45. The number of ether oxygens (including phenoxy) is 1. The fourth-order valence-electron chi connectivity index (χ4n) is 4.33. The van der Waals surface area contributed by atoms with E-state index in [-0.39, 0.29) is 23.4 Å². The molecule has 198 valence electrons. The molecule has 37 heavy (non-hydrogen) atoms. The molecule has 1 aliphatic rings. The number of pyridine rings is 1. The van der Waals surface area contributed by atoms with Gasteiger partial charge in [0.2, 0.25) is 11.8 Å². The quantitative estimate of drug-likeness (QED) is 0.462. The summed E-state index contributed by atoms with van der Waals surface area (Å²) in [6.45, 7) is 5.87. The molecule has 0 atom stereocenters. The zero-order valence-electron chi connectivity index (χ0n) is 20.9. The zero-order valence-corrected chi connectivity index (χ0v) is 22.5. The van der Waals surface area contributed by atoms with Gasteiger partial charge in [-0.25, -0.2) is 18.2 Å². The molecular formula is C25H30ClN5O5S. The smallest absolute Gasteiger partial charge is 0.393 e. The van der Waals surface area contributed by atoms with Crippen LogP contribution in [-0.2, 0) is 21.2 Å². The first kappa shape index (κ1) is 26.9. The van der Waals surface area contributed by atoms with Gasteiger partial charge in [-0.3, -0.25) is 4.79 Å². The lowest BCUT2D eigenvalue weighted by Crippen LogP contribution is -2.47. The van der Waals surface area contributed by atoms with E-state index in [1.165, 1.54) is 22.9 Å². The molecule has 0 aliphatic carbocycles. The van der Waals surface area contributed by atoms with Crippen molar-refractivity contribution in [3.8, 4) is 5.88 Å². The highest BCUT2D eigenvalue weighted by molar-refractivity contribution is 7.90. The van der Waals surface area contributed by atoms with Crippen LogP contribution in [-0.4, -0.2) is 66.3 Å². The number of nitrogens with zero attached hydrogens (tertiary/aromatic N) is 3. The first-order valence-corrected chi connectivity index (χ1v) is 14.2. The first-order chi connectivity index (χ1) is 17.5. The van der Waals surface area contributed by atoms with Gasteiger partial charge in [0.25, 0.3) is 0 Å². The molecule has 2 amide bonds. The van der Waals surface area contributed by atoms with E-state index in [1.807, 2.05) is 0 Å². The molecule has 1 saturated heterocycles. The van der Waals surface area contributed by atoms with Crippen LogP contribution in [0.2, 0.25) is 5.02 Å². The SMILES string of the molecule is CC(C)N1CCC(NC(=O)Oc2cc3cc(S(C)(=O)=O)ccc3n2CC(=O)Nc2ccc(Cl)cn2)CC1. The monoisotopic (exact) mass is 547 g/mol. The van der Waals surface area contributed by atoms with Crippen molar-refractivity contribution in [3.63, 3.8) is 0 Å². The topological polar surface area (TPSA) is 123 Å². The molecule has 0 spiro atoms. The number of hydrogen-bond acceptors (Lipinski definition) is 7. The molecule has 2 aromatic heterocycles. The van der Waals surface area contributed by atoms with Gasteiger partial charge in [0.15, 0.2) is 9.84 Å². The van der Waals surface area contributed by atoms with Crippen LogP contribution in [0.25, 0.3) is 10.9 Å². The molecule has 1 fully saturated rings. The Morgan fingerprint density at radius 1 is 1.16 bits per heavy atom. The number of likely N-dealkylation sites (tertiary alicyclic amines) is 1. The summed E-state index contributed by atoms with van der Waals surface area (Å²) in [5.41, 5.74) is 0.541. The molecule has 0 saturated carbocycles. The maximum absolute atomic E-state index is 12.8. The van der Waals surface area contributed by atoms with Gasteiger partial charge in [-0.15, -0.1) is 0 Å². The summed E-state index contributed by atoms with van der Waals surface area (Å²) in [6.07, 6.45) is 3.52. The molecule has 0 radical (unpaired) electrons. The molecule has 1 aromatic carbocycles. The summed E-state index contributed by atoms with van der Waals surface area (Å²) in [6, 6.07) is 9.70. The second-order valence-corrected chi connectivity index (χ2v) is 11.9.